The van der Waals surface area contributed by atoms with Crippen molar-refractivity contribution in [1.82, 2.24) is 4.57 Å². The number of benzene rings is 1. The van der Waals surface area contributed by atoms with E-state index >= 15 is 0 Å². The molecule has 1 aromatic carbocycles. The van der Waals surface area contributed by atoms with E-state index in [1.807, 2.05) is 30.3 Å². The van der Waals surface area contributed by atoms with E-state index in [1.165, 1.54) is 10.8 Å². The second-order valence-electron chi connectivity index (χ2n) is 4.51. The van der Waals surface area contributed by atoms with Gasteiger partial charge in [-0.1, -0.05) is 30.3 Å². The lowest BCUT2D eigenvalue weighted by atomic mass is 10.2. The van der Waals surface area contributed by atoms with Gasteiger partial charge < -0.3 is 14.0 Å². The first kappa shape index (κ1) is 16.3. The highest BCUT2D eigenvalue weighted by Crippen LogP contribution is 2.21. The largest absolute Gasteiger partial charge is 0.487 e. The first-order chi connectivity index (χ1) is 10.6. The van der Waals surface area contributed by atoms with Gasteiger partial charge in [-0.25, -0.2) is 0 Å². The van der Waals surface area contributed by atoms with Crippen molar-refractivity contribution in [3.8, 4) is 5.75 Å². The number of esters is 1. The highest BCUT2D eigenvalue weighted by atomic mass is 79.9. The van der Waals surface area contributed by atoms with Crippen LogP contribution >= 0.6 is 15.9 Å². The SMILES string of the molecule is CCOC(=O)Cn1ccc(OCc2ccccc2)c(Br)c1=O. The lowest BCUT2D eigenvalue weighted by molar-refractivity contribution is -0.143. The molecule has 116 valence electrons. The summed E-state index contributed by atoms with van der Waals surface area (Å²) in [5, 5.41) is 0. The molecule has 0 unspecified atom stereocenters. The van der Waals surface area contributed by atoms with Crippen LogP contribution in [0, 0.1) is 0 Å². The molecule has 0 aliphatic heterocycles. The van der Waals surface area contributed by atoms with Crippen LogP contribution in [0.15, 0.2) is 51.9 Å². The third-order valence-corrected chi connectivity index (χ3v) is 3.64. The molecule has 0 atom stereocenters. The zero-order chi connectivity index (χ0) is 15.9. The standard InChI is InChI=1S/C16H16BrNO4/c1-2-21-14(19)10-18-9-8-13(15(17)16(18)20)22-11-12-6-4-3-5-7-12/h3-9H,2,10-11H2,1H3. The lowest BCUT2D eigenvalue weighted by Gasteiger charge is -2.11. The van der Waals surface area contributed by atoms with Crippen LogP contribution in [-0.2, 0) is 22.7 Å². The van der Waals surface area contributed by atoms with Crippen molar-refractivity contribution in [2.45, 2.75) is 20.1 Å². The minimum atomic E-state index is -0.450. The van der Waals surface area contributed by atoms with Gasteiger partial charge in [0.2, 0.25) is 0 Å². The van der Waals surface area contributed by atoms with Gasteiger partial charge in [0, 0.05) is 6.20 Å². The predicted molar refractivity (Wildman–Crippen MR) is 85.8 cm³/mol. The van der Waals surface area contributed by atoms with Crippen LogP contribution in [0.25, 0.3) is 0 Å². The molecule has 1 aromatic heterocycles. The zero-order valence-corrected chi connectivity index (χ0v) is 13.7. The Balaban J connectivity index is 2.10. The number of pyridine rings is 1. The summed E-state index contributed by atoms with van der Waals surface area (Å²) < 4.78 is 12.0. The number of ether oxygens (including phenoxy) is 2. The number of aromatic nitrogens is 1. The zero-order valence-electron chi connectivity index (χ0n) is 12.1. The molecule has 0 N–H and O–H groups in total. The van der Waals surface area contributed by atoms with E-state index in [-0.39, 0.29) is 23.2 Å². The van der Waals surface area contributed by atoms with Crippen LogP contribution < -0.4 is 10.3 Å². The van der Waals surface area contributed by atoms with Gasteiger partial charge in [0.15, 0.2) is 0 Å². The second kappa shape index (κ2) is 7.79. The molecular weight excluding hydrogens is 350 g/mol. The molecule has 0 bridgehead atoms. The summed E-state index contributed by atoms with van der Waals surface area (Å²) in [5.41, 5.74) is 0.670. The summed E-state index contributed by atoms with van der Waals surface area (Å²) in [6.07, 6.45) is 1.52. The topological polar surface area (TPSA) is 57.5 Å². The average Bonchev–Trinajstić information content (AvgIpc) is 2.52. The summed E-state index contributed by atoms with van der Waals surface area (Å²) in [7, 11) is 0. The monoisotopic (exact) mass is 365 g/mol. The quantitative estimate of drug-likeness (QED) is 0.738. The minimum absolute atomic E-state index is 0.121. The first-order valence-electron chi connectivity index (χ1n) is 6.83. The Morgan fingerprint density at radius 2 is 1.95 bits per heavy atom. The maximum absolute atomic E-state index is 12.2. The van der Waals surface area contributed by atoms with Crippen LogP contribution in [0.3, 0.4) is 0 Å². The van der Waals surface area contributed by atoms with Gasteiger partial charge in [0.05, 0.1) is 6.61 Å². The van der Waals surface area contributed by atoms with Gasteiger partial charge in [0.1, 0.15) is 23.4 Å². The molecule has 0 aliphatic rings. The molecule has 1 heterocycles. The van der Waals surface area contributed by atoms with Crippen molar-refractivity contribution in [3.63, 3.8) is 0 Å². The van der Waals surface area contributed by atoms with Crippen LogP contribution in [0.4, 0.5) is 0 Å². The molecule has 0 saturated heterocycles. The van der Waals surface area contributed by atoms with Crippen LogP contribution in [-0.4, -0.2) is 17.1 Å². The molecule has 0 amide bonds. The van der Waals surface area contributed by atoms with Crippen molar-refractivity contribution < 1.29 is 14.3 Å². The highest BCUT2D eigenvalue weighted by Gasteiger charge is 2.11. The third kappa shape index (κ3) is 4.21. The van der Waals surface area contributed by atoms with Crippen molar-refractivity contribution >= 4 is 21.9 Å². The minimum Gasteiger partial charge on any atom is -0.487 e. The van der Waals surface area contributed by atoms with Crippen molar-refractivity contribution in [1.29, 1.82) is 0 Å². The van der Waals surface area contributed by atoms with E-state index in [0.717, 1.165) is 5.56 Å². The molecule has 0 radical (unpaired) electrons. The number of hydrogen-bond acceptors (Lipinski definition) is 4. The Morgan fingerprint density at radius 3 is 2.64 bits per heavy atom. The fraction of sp³-hybridized carbons (Fsp3) is 0.250. The van der Waals surface area contributed by atoms with Crippen LogP contribution in [0.5, 0.6) is 5.75 Å². The van der Waals surface area contributed by atoms with E-state index in [2.05, 4.69) is 15.9 Å². The first-order valence-corrected chi connectivity index (χ1v) is 7.62. The Morgan fingerprint density at radius 1 is 1.23 bits per heavy atom. The third-order valence-electron chi connectivity index (χ3n) is 2.91. The molecule has 22 heavy (non-hydrogen) atoms. The van der Waals surface area contributed by atoms with Crippen LogP contribution in [0.2, 0.25) is 0 Å². The molecule has 5 nitrogen and oxygen atoms in total. The predicted octanol–water partition coefficient (Wildman–Crippen LogP) is 2.75. The number of carbonyl (C=O) groups excluding carboxylic acids is 1. The summed E-state index contributed by atoms with van der Waals surface area (Å²) >= 11 is 3.22. The summed E-state index contributed by atoms with van der Waals surface area (Å²) in [5.74, 6) is -0.0107. The molecule has 0 fully saturated rings. The van der Waals surface area contributed by atoms with Crippen LogP contribution in [0.1, 0.15) is 12.5 Å². The number of halogens is 1. The molecular formula is C16H16BrNO4. The maximum Gasteiger partial charge on any atom is 0.326 e. The number of carbonyl (C=O) groups is 1. The van der Waals surface area contributed by atoms with E-state index in [9.17, 15) is 9.59 Å². The van der Waals surface area contributed by atoms with E-state index in [4.69, 9.17) is 9.47 Å². The van der Waals surface area contributed by atoms with E-state index in [0.29, 0.717) is 12.4 Å². The molecule has 0 aliphatic carbocycles. The van der Waals surface area contributed by atoms with Crippen molar-refractivity contribution in [2.24, 2.45) is 0 Å². The molecule has 2 rings (SSSR count). The van der Waals surface area contributed by atoms with Crippen molar-refractivity contribution in [2.75, 3.05) is 6.61 Å². The highest BCUT2D eigenvalue weighted by molar-refractivity contribution is 9.10. The normalized spacial score (nSPS) is 10.3. The number of hydrogen-bond donors (Lipinski definition) is 0. The summed E-state index contributed by atoms with van der Waals surface area (Å²) in [4.78, 5) is 23.6. The molecule has 0 saturated carbocycles. The van der Waals surface area contributed by atoms with Gasteiger partial charge in [-0.15, -0.1) is 0 Å². The van der Waals surface area contributed by atoms with Gasteiger partial charge in [0.25, 0.3) is 5.56 Å². The second-order valence-corrected chi connectivity index (χ2v) is 5.30. The summed E-state index contributed by atoms with van der Waals surface area (Å²) in [6, 6.07) is 11.3. The van der Waals surface area contributed by atoms with Crippen molar-refractivity contribution in [3.05, 3.63) is 63.0 Å². The maximum atomic E-state index is 12.2. The Kier molecular flexibility index (Phi) is 5.77. The fourth-order valence-electron chi connectivity index (χ4n) is 1.85. The van der Waals surface area contributed by atoms with Gasteiger partial charge in [-0.05, 0) is 34.5 Å². The number of nitrogens with zero attached hydrogens (tertiary/aromatic N) is 1. The van der Waals surface area contributed by atoms with Gasteiger partial charge in [-0.3, -0.25) is 9.59 Å². The fourth-order valence-corrected chi connectivity index (χ4v) is 2.32. The van der Waals surface area contributed by atoms with Gasteiger partial charge >= 0.3 is 5.97 Å². The van der Waals surface area contributed by atoms with Gasteiger partial charge in [-0.2, -0.15) is 0 Å². The number of rotatable bonds is 6. The Hall–Kier alpha value is -2.08. The Labute approximate surface area is 136 Å². The van der Waals surface area contributed by atoms with E-state index < -0.39 is 5.97 Å². The average molecular weight is 366 g/mol. The van der Waals surface area contributed by atoms with E-state index in [1.54, 1.807) is 13.0 Å². The lowest BCUT2D eigenvalue weighted by Crippen LogP contribution is -2.25. The molecule has 0 spiro atoms. The Bertz CT molecular complexity index is 697. The summed E-state index contributed by atoms with van der Waals surface area (Å²) in [6.45, 7) is 2.25. The molecule has 6 heteroatoms. The molecule has 2 aromatic rings. The smallest absolute Gasteiger partial charge is 0.326 e.